The quantitative estimate of drug-likeness (QED) is 0.299. The minimum Gasteiger partial charge on any atom is -0.445 e. The Morgan fingerprint density at radius 2 is 1.82 bits per heavy atom. The van der Waals surface area contributed by atoms with Crippen molar-refractivity contribution in [3.63, 3.8) is 0 Å². The molecule has 0 radical (unpaired) electrons. The van der Waals surface area contributed by atoms with Gasteiger partial charge in [0.05, 0.1) is 0 Å². The molecule has 1 aromatic carbocycles. The summed E-state index contributed by atoms with van der Waals surface area (Å²) in [6.07, 6.45) is 7.66. The maximum absolute atomic E-state index is 13.8. The van der Waals surface area contributed by atoms with Crippen LogP contribution in [0.3, 0.4) is 0 Å². The van der Waals surface area contributed by atoms with Gasteiger partial charge in [-0.05, 0) is 76.4 Å². The zero-order valence-corrected chi connectivity index (χ0v) is 25.3. The summed E-state index contributed by atoms with van der Waals surface area (Å²) in [6, 6.07) is 8.83. The number of carbonyl (C=O) groups excluding carboxylic acids is 3. The van der Waals surface area contributed by atoms with Crippen LogP contribution in [-0.4, -0.2) is 64.4 Å². The fraction of sp³-hybridized carbons (Fsp3) is 0.679. The summed E-state index contributed by atoms with van der Waals surface area (Å²) in [6.45, 7) is 7.84. The van der Waals surface area contributed by atoms with Crippen LogP contribution in [-0.2, 0) is 20.9 Å². The lowest BCUT2D eigenvalue weighted by Gasteiger charge is -2.42. The maximum atomic E-state index is 13.8. The summed E-state index contributed by atoms with van der Waals surface area (Å²) < 4.78 is 12.7. The molecule has 1 aliphatic carbocycles. The lowest BCUT2D eigenvalue weighted by atomic mass is 9.79. The van der Waals surface area contributed by atoms with E-state index >= 15 is 0 Å². The highest BCUT2D eigenvalue weighted by atomic mass is 32.2. The Morgan fingerprint density at radius 3 is 2.42 bits per heavy atom. The Balaban J connectivity index is 2.07. The Labute approximate surface area is 236 Å². The van der Waals surface area contributed by atoms with E-state index in [0.717, 1.165) is 43.4 Å². The zero-order valence-electron chi connectivity index (χ0n) is 23.7. The van der Waals surface area contributed by atoms with Gasteiger partial charge in [-0.3, -0.25) is 9.10 Å². The molecule has 2 N–H and O–H groups in total. The van der Waals surface area contributed by atoms with Gasteiger partial charge in [0.15, 0.2) is 0 Å². The van der Waals surface area contributed by atoms with Gasteiger partial charge in [0, 0.05) is 18.3 Å². The van der Waals surface area contributed by atoms with Gasteiger partial charge >= 0.3 is 12.2 Å². The van der Waals surface area contributed by atoms with E-state index in [2.05, 4.69) is 17.6 Å². The van der Waals surface area contributed by atoms with Crippen LogP contribution in [0.5, 0.6) is 0 Å². The van der Waals surface area contributed by atoms with Crippen molar-refractivity contribution in [3.05, 3.63) is 35.9 Å². The third-order valence-corrected chi connectivity index (χ3v) is 7.94. The van der Waals surface area contributed by atoms with Gasteiger partial charge in [-0.2, -0.15) is 11.8 Å². The predicted octanol–water partition coefficient (Wildman–Crippen LogP) is 6.00. The Bertz CT molecular complexity index is 881. The minimum absolute atomic E-state index is 0.00911. The molecule has 0 aromatic heterocycles. The molecule has 1 aliphatic rings. The maximum Gasteiger partial charge on any atom is 0.408 e. The number of hydrogen-bond donors (Lipinski definition) is 2. The van der Waals surface area contributed by atoms with Crippen LogP contribution in [0.4, 0.5) is 9.59 Å². The van der Waals surface area contributed by atoms with E-state index in [1.807, 2.05) is 67.9 Å². The second-order valence-electron chi connectivity index (χ2n) is 10.7. The Morgan fingerprint density at radius 1 is 1.11 bits per heavy atom. The fourth-order valence-corrected chi connectivity index (χ4v) is 6.11. The number of rotatable bonds is 12. The zero-order chi connectivity index (χ0) is 28.1. The fourth-order valence-electron chi connectivity index (χ4n) is 4.79. The molecule has 0 aliphatic heterocycles. The minimum atomic E-state index is -0.668. The van der Waals surface area contributed by atoms with E-state index in [9.17, 15) is 14.4 Å². The van der Waals surface area contributed by atoms with Gasteiger partial charge < -0.3 is 20.1 Å². The van der Waals surface area contributed by atoms with Crippen molar-refractivity contribution in [2.45, 2.75) is 96.6 Å². The van der Waals surface area contributed by atoms with Crippen molar-refractivity contribution in [1.29, 1.82) is 0 Å². The van der Waals surface area contributed by atoms with Gasteiger partial charge in [-0.15, -0.1) is 0 Å². The summed E-state index contributed by atoms with van der Waals surface area (Å²) >= 11 is 3.05. The molecule has 1 saturated carbocycles. The van der Waals surface area contributed by atoms with E-state index in [4.69, 9.17) is 9.47 Å². The van der Waals surface area contributed by atoms with E-state index in [-0.39, 0.29) is 30.5 Å². The molecular formula is C28H45N3O5S2. The van der Waals surface area contributed by atoms with Gasteiger partial charge in [-0.25, -0.2) is 9.59 Å². The van der Waals surface area contributed by atoms with Gasteiger partial charge in [-0.1, -0.05) is 55.6 Å². The van der Waals surface area contributed by atoms with E-state index < -0.39 is 23.8 Å². The molecule has 0 saturated heterocycles. The molecule has 0 unspecified atom stereocenters. The highest BCUT2D eigenvalue weighted by Crippen LogP contribution is 2.35. The highest BCUT2D eigenvalue weighted by molar-refractivity contribution is 7.98. The molecule has 38 heavy (non-hydrogen) atoms. The SMILES string of the molecule is CCC[C@@H]1C[C@H](NC(=O)OC(C)(C)C)CC[C@@H]1N(SC)C(=O)[C@H](CCSC)NC(=O)OCc1ccccc1. The number of amides is 3. The van der Waals surface area contributed by atoms with Crippen LogP contribution >= 0.6 is 23.7 Å². The molecule has 0 heterocycles. The van der Waals surface area contributed by atoms with Crippen LogP contribution in [0.2, 0.25) is 0 Å². The van der Waals surface area contributed by atoms with Crippen molar-refractivity contribution in [2.75, 3.05) is 18.3 Å². The molecule has 0 spiro atoms. The first kappa shape index (κ1) is 32.1. The van der Waals surface area contributed by atoms with Crippen molar-refractivity contribution < 1.29 is 23.9 Å². The summed E-state index contributed by atoms with van der Waals surface area (Å²) in [5.41, 5.74) is 0.340. The molecule has 4 atom stereocenters. The molecule has 10 heteroatoms. The summed E-state index contributed by atoms with van der Waals surface area (Å²) in [5.74, 6) is 0.867. The molecule has 1 fully saturated rings. The number of hydrogen-bond acceptors (Lipinski definition) is 7. The number of alkyl carbamates (subject to hydrolysis) is 2. The van der Waals surface area contributed by atoms with Crippen LogP contribution in [0.15, 0.2) is 30.3 Å². The monoisotopic (exact) mass is 567 g/mol. The second kappa shape index (κ2) is 16.1. The van der Waals surface area contributed by atoms with Crippen molar-refractivity contribution in [3.8, 4) is 0 Å². The first-order valence-corrected chi connectivity index (χ1v) is 16.0. The average Bonchev–Trinajstić information content (AvgIpc) is 2.86. The van der Waals surface area contributed by atoms with Gasteiger partial charge in [0.2, 0.25) is 0 Å². The Hall–Kier alpha value is -2.07. The topological polar surface area (TPSA) is 97.0 Å². The Kier molecular flexibility index (Phi) is 13.6. The third kappa shape index (κ3) is 11.0. The molecule has 2 rings (SSSR count). The number of thioether (sulfide) groups is 1. The number of nitrogens with zero attached hydrogens (tertiary/aromatic N) is 1. The molecule has 1 aromatic rings. The second-order valence-corrected chi connectivity index (χ2v) is 12.4. The van der Waals surface area contributed by atoms with E-state index in [1.165, 1.54) is 11.9 Å². The number of nitrogens with one attached hydrogen (secondary N) is 2. The normalized spacial score (nSPS) is 20.2. The molecular weight excluding hydrogens is 522 g/mol. The molecule has 3 amide bonds. The number of carbonyl (C=O) groups is 3. The highest BCUT2D eigenvalue weighted by Gasteiger charge is 2.39. The summed E-state index contributed by atoms with van der Waals surface area (Å²) in [7, 11) is 0. The number of ether oxygens (including phenoxy) is 2. The standard InChI is InChI=1S/C28H45N3O5S2/c1-7-11-21-18-22(29-27(34)36-28(2,3)4)14-15-24(21)31(38-6)25(32)23(16-17-37-5)30-26(33)35-19-20-12-9-8-10-13-20/h8-10,12-13,21-24H,7,11,14-19H2,1-6H3,(H,29,34)(H,30,33)/t21-,22-,23+,24+/m1/s1. The van der Waals surface area contributed by atoms with Crippen molar-refractivity contribution >= 4 is 41.8 Å². The third-order valence-electron chi connectivity index (χ3n) is 6.45. The average molecular weight is 568 g/mol. The lowest BCUT2D eigenvalue weighted by Crippen LogP contribution is -2.54. The molecule has 214 valence electrons. The van der Waals surface area contributed by atoms with Crippen molar-refractivity contribution in [2.24, 2.45) is 5.92 Å². The largest absolute Gasteiger partial charge is 0.445 e. The van der Waals surface area contributed by atoms with Crippen LogP contribution in [0.25, 0.3) is 0 Å². The van der Waals surface area contributed by atoms with Gasteiger partial charge in [0.25, 0.3) is 5.91 Å². The van der Waals surface area contributed by atoms with Crippen LogP contribution < -0.4 is 10.6 Å². The first-order valence-electron chi connectivity index (χ1n) is 13.4. The van der Waals surface area contributed by atoms with Crippen molar-refractivity contribution in [1.82, 2.24) is 14.9 Å². The number of benzene rings is 1. The molecule has 0 bridgehead atoms. The van der Waals surface area contributed by atoms with Gasteiger partial charge in [0.1, 0.15) is 18.2 Å². The van der Waals surface area contributed by atoms with E-state index in [1.54, 1.807) is 11.8 Å². The smallest absolute Gasteiger partial charge is 0.408 e. The van der Waals surface area contributed by atoms with Crippen LogP contribution in [0.1, 0.15) is 71.8 Å². The van der Waals surface area contributed by atoms with Crippen LogP contribution in [0, 0.1) is 5.92 Å². The molecule has 8 nitrogen and oxygen atoms in total. The predicted molar refractivity (Wildman–Crippen MR) is 156 cm³/mol. The lowest BCUT2D eigenvalue weighted by molar-refractivity contribution is -0.131. The summed E-state index contributed by atoms with van der Waals surface area (Å²) in [4.78, 5) is 38.8. The summed E-state index contributed by atoms with van der Waals surface area (Å²) in [5, 5.41) is 5.85. The van der Waals surface area contributed by atoms with E-state index in [0.29, 0.717) is 6.42 Å². The first-order chi connectivity index (χ1) is 18.1.